The van der Waals surface area contributed by atoms with Gasteiger partial charge in [0.25, 0.3) is 11.6 Å². The molecule has 0 bridgehead atoms. The molecule has 3 rings (SSSR count). The standard InChI is InChI=1S/C18H16F3N3O4/c19-18(20,21)12-1-3-13(4-2-12)22-17(25)15-11-14(24(26)27)5-6-16(15)23-7-9-28-10-8-23/h1-6,11H,7-10H2,(H,22,25). The molecule has 0 aromatic heterocycles. The molecule has 2 aromatic rings. The van der Waals surface area contributed by atoms with Crippen LogP contribution in [-0.2, 0) is 10.9 Å². The largest absolute Gasteiger partial charge is 0.416 e. The van der Waals surface area contributed by atoms with Gasteiger partial charge < -0.3 is 15.0 Å². The van der Waals surface area contributed by atoms with E-state index in [4.69, 9.17) is 4.74 Å². The van der Waals surface area contributed by atoms with Gasteiger partial charge in [-0.15, -0.1) is 0 Å². The van der Waals surface area contributed by atoms with Crippen LogP contribution in [0, 0.1) is 10.1 Å². The Bertz CT molecular complexity index is 879. The summed E-state index contributed by atoms with van der Waals surface area (Å²) < 4.78 is 43.3. The molecule has 0 aliphatic carbocycles. The molecule has 10 heteroatoms. The van der Waals surface area contributed by atoms with Gasteiger partial charge in [0.1, 0.15) is 0 Å². The third-order valence-corrected chi connectivity index (χ3v) is 4.26. The quantitative estimate of drug-likeness (QED) is 0.630. The van der Waals surface area contributed by atoms with Crippen molar-refractivity contribution in [3.8, 4) is 0 Å². The summed E-state index contributed by atoms with van der Waals surface area (Å²) in [6.45, 7) is 1.94. The van der Waals surface area contributed by atoms with Crippen LogP contribution in [0.4, 0.5) is 30.2 Å². The van der Waals surface area contributed by atoms with Crippen LogP contribution in [0.25, 0.3) is 0 Å². The van der Waals surface area contributed by atoms with Crippen LogP contribution < -0.4 is 10.2 Å². The van der Waals surface area contributed by atoms with Crippen molar-refractivity contribution in [3.63, 3.8) is 0 Å². The van der Waals surface area contributed by atoms with Gasteiger partial charge in [-0.2, -0.15) is 13.2 Å². The van der Waals surface area contributed by atoms with Crippen molar-refractivity contribution in [1.82, 2.24) is 0 Å². The summed E-state index contributed by atoms with van der Waals surface area (Å²) in [7, 11) is 0. The molecule has 0 radical (unpaired) electrons. The summed E-state index contributed by atoms with van der Waals surface area (Å²) in [5.74, 6) is -0.648. The van der Waals surface area contributed by atoms with Gasteiger partial charge >= 0.3 is 6.18 Å². The van der Waals surface area contributed by atoms with E-state index in [9.17, 15) is 28.1 Å². The molecule has 1 saturated heterocycles. The number of carbonyl (C=O) groups excluding carboxylic acids is 1. The number of hydrogen-bond donors (Lipinski definition) is 1. The topological polar surface area (TPSA) is 84.7 Å². The zero-order valence-corrected chi connectivity index (χ0v) is 14.5. The molecule has 0 atom stereocenters. The number of ether oxygens (including phenoxy) is 1. The van der Waals surface area contributed by atoms with E-state index in [-0.39, 0.29) is 16.9 Å². The predicted molar refractivity (Wildman–Crippen MR) is 95.5 cm³/mol. The maximum Gasteiger partial charge on any atom is 0.416 e. The molecule has 28 heavy (non-hydrogen) atoms. The van der Waals surface area contributed by atoms with Crippen LogP contribution >= 0.6 is 0 Å². The number of morpholine rings is 1. The molecular weight excluding hydrogens is 379 g/mol. The molecule has 0 spiro atoms. The SMILES string of the molecule is O=C(Nc1ccc(C(F)(F)F)cc1)c1cc([N+](=O)[O-])ccc1N1CCOCC1. The number of nitrogens with one attached hydrogen (secondary N) is 1. The lowest BCUT2D eigenvalue weighted by molar-refractivity contribution is -0.384. The molecule has 1 amide bonds. The van der Waals surface area contributed by atoms with Crippen LogP contribution in [0.1, 0.15) is 15.9 Å². The minimum atomic E-state index is -4.48. The van der Waals surface area contributed by atoms with Crippen molar-refractivity contribution >= 4 is 23.0 Å². The summed E-state index contributed by atoms with van der Waals surface area (Å²) >= 11 is 0. The van der Waals surface area contributed by atoms with Crippen LogP contribution in [0.2, 0.25) is 0 Å². The lowest BCUT2D eigenvalue weighted by Crippen LogP contribution is -2.37. The number of benzene rings is 2. The maximum atomic E-state index is 12.7. The first-order valence-electron chi connectivity index (χ1n) is 8.35. The summed E-state index contributed by atoms with van der Waals surface area (Å²) in [6, 6.07) is 7.92. The van der Waals surface area contributed by atoms with Gasteiger partial charge in [0.15, 0.2) is 0 Å². The molecule has 2 aromatic carbocycles. The second-order valence-electron chi connectivity index (χ2n) is 6.09. The number of nitro benzene ring substituents is 1. The van der Waals surface area contributed by atoms with E-state index in [0.717, 1.165) is 30.3 Å². The average Bonchev–Trinajstić information content (AvgIpc) is 2.68. The molecule has 0 saturated carbocycles. The molecule has 1 aliphatic heterocycles. The van der Waals surface area contributed by atoms with E-state index in [2.05, 4.69) is 5.32 Å². The van der Waals surface area contributed by atoms with E-state index in [1.165, 1.54) is 12.1 Å². The number of nitro groups is 1. The van der Waals surface area contributed by atoms with Gasteiger partial charge in [0.05, 0.1) is 35.0 Å². The highest BCUT2D eigenvalue weighted by Crippen LogP contribution is 2.31. The van der Waals surface area contributed by atoms with E-state index < -0.39 is 22.6 Å². The van der Waals surface area contributed by atoms with Crippen molar-refractivity contribution in [2.45, 2.75) is 6.18 Å². The summed E-state index contributed by atoms with van der Waals surface area (Å²) in [5.41, 5.74) is -0.379. The zero-order valence-electron chi connectivity index (χ0n) is 14.5. The fourth-order valence-corrected chi connectivity index (χ4v) is 2.84. The number of carbonyl (C=O) groups is 1. The number of halogens is 3. The molecule has 7 nitrogen and oxygen atoms in total. The maximum absolute atomic E-state index is 12.7. The van der Waals surface area contributed by atoms with Gasteiger partial charge in [-0.05, 0) is 30.3 Å². The number of amides is 1. The number of rotatable bonds is 4. The van der Waals surface area contributed by atoms with E-state index in [1.54, 1.807) is 0 Å². The van der Waals surface area contributed by atoms with Crippen molar-refractivity contribution in [1.29, 1.82) is 0 Å². The molecular formula is C18H16F3N3O4. The Morgan fingerprint density at radius 1 is 1.11 bits per heavy atom. The lowest BCUT2D eigenvalue weighted by Gasteiger charge is -2.30. The van der Waals surface area contributed by atoms with Crippen molar-refractivity contribution in [2.75, 3.05) is 36.5 Å². The number of non-ortho nitro benzene ring substituents is 1. The summed E-state index contributed by atoms with van der Waals surface area (Å²) in [5, 5.41) is 13.6. The van der Waals surface area contributed by atoms with Crippen LogP contribution in [-0.4, -0.2) is 37.1 Å². The first-order chi connectivity index (χ1) is 13.3. The highest BCUT2D eigenvalue weighted by Gasteiger charge is 2.30. The molecule has 1 N–H and O–H groups in total. The Hall–Kier alpha value is -3.14. The normalized spacial score (nSPS) is 14.6. The summed E-state index contributed by atoms with van der Waals surface area (Å²) in [4.78, 5) is 25.1. The van der Waals surface area contributed by atoms with Gasteiger partial charge in [-0.25, -0.2) is 0 Å². The van der Waals surface area contributed by atoms with Crippen LogP contribution in [0.15, 0.2) is 42.5 Å². The molecule has 1 fully saturated rings. The molecule has 1 heterocycles. The van der Waals surface area contributed by atoms with Crippen molar-refractivity contribution < 1.29 is 27.6 Å². The fourth-order valence-electron chi connectivity index (χ4n) is 2.84. The Labute approximate surface area is 157 Å². The van der Waals surface area contributed by atoms with Gasteiger partial charge in [0.2, 0.25) is 0 Å². The first kappa shape index (κ1) is 19.6. The Balaban J connectivity index is 1.88. The minimum absolute atomic E-state index is 0.0657. The Morgan fingerprint density at radius 2 is 1.75 bits per heavy atom. The monoisotopic (exact) mass is 395 g/mol. The fraction of sp³-hybridized carbons (Fsp3) is 0.278. The average molecular weight is 395 g/mol. The number of alkyl halides is 3. The highest BCUT2D eigenvalue weighted by molar-refractivity contribution is 6.08. The minimum Gasteiger partial charge on any atom is -0.378 e. The zero-order chi connectivity index (χ0) is 20.3. The third-order valence-electron chi connectivity index (χ3n) is 4.26. The predicted octanol–water partition coefficient (Wildman–Crippen LogP) is 3.70. The van der Waals surface area contributed by atoms with Crippen LogP contribution in [0.5, 0.6) is 0 Å². The summed E-state index contributed by atoms with van der Waals surface area (Å²) in [6.07, 6.45) is -4.48. The van der Waals surface area contributed by atoms with Crippen molar-refractivity contribution in [3.05, 3.63) is 63.7 Å². The van der Waals surface area contributed by atoms with E-state index >= 15 is 0 Å². The third kappa shape index (κ3) is 4.39. The Morgan fingerprint density at radius 3 is 2.32 bits per heavy atom. The molecule has 1 aliphatic rings. The van der Waals surface area contributed by atoms with Crippen LogP contribution in [0.3, 0.4) is 0 Å². The Kier molecular flexibility index (Phi) is 5.50. The highest BCUT2D eigenvalue weighted by atomic mass is 19.4. The van der Waals surface area contributed by atoms with E-state index in [0.29, 0.717) is 32.0 Å². The molecule has 0 unspecified atom stereocenters. The van der Waals surface area contributed by atoms with Gasteiger partial charge in [0, 0.05) is 30.9 Å². The number of hydrogen-bond acceptors (Lipinski definition) is 5. The molecule has 148 valence electrons. The van der Waals surface area contributed by atoms with Gasteiger partial charge in [-0.3, -0.25) is 14.9 Å². The second-order valence-corrected chi connectivity index (χ2v) is 6.09. The first-order valence-corrected chi connectivity index (χ1v) is 8.35. The lowest BCUT2D eigenvalue weighted by atomic mass is 10.1. The van der Waals surface area contributed by atoms with Gasteiger partial charge in [-0.1, -0.05) is 0 Å². The second kappa shape index (κ2) is 7.85. The number of nitrogens with zero attached hydrogens (tertiary/aromatic N) is 2. The number of anilines is 2. The smallest absolute Gasteiger partial charge is 0.378 e. The van der Waals surface area contributed by atoms with E-state index in [1.807, 2.05) is 4.90 Å². The van der Waals surface area contributed by atoms with Crippen molar-refractivity contribution in [2.24, 2.45) is 0 Å².